The number of aryl methyl sites for hydroxylation is 1. The zero-order valence-corrected chi connectivity index (χ0v) is 19.6. The van der Waals surface area contributed by atoms with Gasteiger partial charge in [0.1, 0.15) is 12.3 Å². The lowest BCUT2D eigenvalue weighted by Gasteiger charge is -2.46. The number of nitrogens with zero attached hydrogens (tertiary/aromatic N) is 4. The van der Waals surface area contributed by atoms with Gasteiger partial charge in [-0.05, 0) is 80.4 Å². The van der Waals surface area contributed by atoms with Crippen molar-refractivity contribution in [2.45, 2.75) is 81.8 Å². The summed E-state index contributed by atoms with van der Waals surface area (Å²) in [5.41, 5.74) is 3.63. The highest BCUT2D eigenvalue weighted by Crippen LogP contribution is 2.45. The zero-order chi connectivity index (χ0) is 22.7. The van der Waals surface area contributed by atoms with Crippen LogP contribution in [0.5, 0.6) is 0 Å². The van der Waals surface area contributed by atoms with Gasteiger partial charge in [-0.2, -0.15) is 0 Å². The third-order valence-corrected chi connectivity index (χ3v) is 8.49. The van der Waals surface area contributed by atoms with E-state index in [4.69, 9.17) is 4.98 Å². The van der Waals surface area contributed by atoms with Crippen molar-refractivity contribution in [2.75, 3.05) is 19.6 Å². The number of hydrogen-bond donors (Lipinski definition) is 1. The highest BCUT2D eigenvalue weighted by molar-refractivity contribution is 5.98. The van der Waals surface area contributed by atoms with E-state index in [0.717, 1.165) is 30.3 Å². The summed E-state index contributed by atoms with van der Waals surface area (Å²) in [5, 5.41) is 11.0. The number of carbonyl (C=O) groups is 2. The second-order valence-electron chi connectivity index (χ2n) is 10.7. The Morgan fingerprint density at radius 1 is 1.03 bits per heavy atom. The third-order valence-electron chi connectivity index (χ3n) is 8.49. The fourth-order valence-electron chi connectivity index (χ4n) is 6.03. The first-order valence-corrected chi connectivity index (χ1v) is 12.8. The lowest BCUT2D eigenvalue weighted by Crippen LogP contribution is -2.61. The zero-order valence-electron chi connectivity index (χ0n) is 19.6. The predicted octanol–water partition coefficient (Wildman–Crippen LogP) is 3.66. The molecule has 0 radical (unpaired) electrons. The molecule has 0 bridgehead atoms. The topological polar surface area (TPSA) is 78.7 Å². The van der Waals surface area contributed by atoms with Crippen LogP contribution in [0.2, 0.25) is 0 Å². The number of benzene rings is 1. The van der Waals surface area contributed by atoms with Crippen molar-refractivity contribution in [3.05, 3.63) is 29.1 Å². The average molecular weight is 451 g/mol. The summed E-state index contributed by atoms with van der Waals surface area (Å²) in [4.78, 5) is 34.5. The normalized spacial score (nSPS) is 23.8. The summed E-state index contributed by atoms with van der Waals surface area (Å²) in [6.07, 6.45) is 10.4. The van der Waals surface area contributed by atoms with E-state index in [1.54, 1.807) is 9.80 Å². The van der Waals surface area contributed by atoms with Gasteiger partial charge in [0.15, 0.2) is 5.82 Å². The van der Waals surface area contributed by atoms with E-state index >= 15 is 0 Å². The number of amides is 2. The minimum absolute atomic E-state index is 0.00710. The molecule has 6 rings (SSSR count). The fourth-order valence-corrected chi connectivity index (χ4v) is 6.03. The van der Waals surface area contributed by atoms with Gasteiger partial charge < -0.3 is 19.5 Å². The summed E-state index contributed by atoms with van der Waals surface area (Å²) < 4.78 is 1.93. The monoisotopic (exact) mass is 450 g/mol. The van der Waals surface area contributed by atoms with Gasteiger partial charge >= 0.3 is 0 Å². The smallest absolute Gasteiger partial charge is 0.290 e. The van der Waals surface area contributed by atoms with Crippen molar-refractivity contribution < 1.29 is 14.7 Å². The first-order valence-electron chi connectivity index (χ1n) is 12.8. The van der Waals surface area contributed by atoms with E-state index in [0.29, 0.717) is 43.6 Å². The molecule has 1 aliphatic heterocycles. The maximum Gasteiger partial charge on any atom is 0.290 e. The molecular weight excluding hydrogens is 416 g/mol. The molecule has 176 valence electrons. The number of carbonyl (C=O) groups excluding carboxylic acids is 2. The van der Waals surface area contributed by atoms with Crippen LogP contribution in [-0.2, 0) is 11.8 Å². The summed E-state index contributed by atoms with van der Waals surface area (Å²) in [6, 6.07) is 4.57. The number of piperazine rings is 1. The Balaban J connectivity index is 1.27. The maximum atomic E-state index is 13.5. The van der Waals surface area contributed by atoms with Crippen LogP contribution < -0.4 is 0 Å². The van der Waals surface area contributed by atoms with Crippen LogP contribution >= 0.6 is 0 Å². The highest BCUT2D eigenvalue weighted by atomic mass is 16.3. The summed E-state index contributed by atoms with van der Waals surface area (Å²) in [7, 11) is 1.92. The third kappa shape index (κ3) is 3.56. The molecule has 4 aliphatic rings. The quantitative estimate of drug-likeness (QED) is 0.771. The lowest BCUT2D eigenvalue weighted by molar-refractivity contribution is -0.173. The van der Waals surface area contributed by atoms with Crippen LogP contribution in [0.1, 0.15) is 97.8 Å². The van der Waals surface area contributed by atoms with Crippen LogP contribution in [0.25, 0.3) is 11.0 Å². The maximum absolute atomic E-state index is 13.5. The van der Waals surface area contributed by atoms with E-state index in [2.05, 4.69) is 12.1 Å². The van der Waals surface area contributed by atoms with Crippen molar-refractivity contribution in [1.82, 2.24) is 19.4 Å². The van der Waals surface area contributed by atoms with Crippen LogP contribution in [-0.4, -0.2) is 61.6 Å². The molecular formula is C26H34N4O3. The van der Waals surface area contributed by atoms with Crippen molar-refractivity contribution in [2.24, 2.45) is 7.05 Å². The van der Waals surface area contributed by atoms with E-state index < -0.39 is 5.72 Å². The number of imidazole rings is 1. The summed E-state index contributed by atoms with van der Waals surface area (Å²) in [5.74, 6) is 1.26. The van der Waals surface area contributed by atoms with Gasteiger partial charge in [0, 0.05) is 20.1 Å². The number of aromatic nitrogens is 2. The van der Waals surface area contributed by atoms with Gasteiger partial charge in [-0.3, -0.25) is 9.59 Å². The SMILES string of the molecule is Cn1c(C(=O)N2CCN(C3(O)CCCCC3)C(=O)C2)nc2c(C3CCC3)cc(C3CC3)cc21. The van der Waals surface area contributed by atoms with Gasteiger partial charge in [-0.1, -0.05) is 18.9 Å². The van der Waals surface area contributed by atoms with Gasteiger partial charge in [-0.25, -0.2) is 4.98 Å². The van der Waals surface area contributed by atoms with E-state index in [-0.39, 0.29) is 18.4 Å². The first kappa shape index (κ1) is 21.1. The molecule has 7 heteroatoms. The molecule has 2 aromatic rings. The number of rotatable bonds is 4. The molecule has 2 amide bonds. The fraction of sp³-hybridized carbons (Fsp3) is 0.654. The Bertz CT molecular complexity index is 1110. The Kier molecular flexibility index (Phi) is 5.02. The molecule has 4 fully saturated rings. The molecule has 1 N–H and O–H groups in total. The van der Waals surface area contributed by atoms with Crippen LogP contribution in [0.15, 0.2) is 12.1 Å². The number of hydrogen-bond acceptors (Lipinski definition) is 4. The molecule has 3 saturated carbocycles. The molecule has 0 unspecified atom stereocenters. The van der Waals surface area contributed by atoms with E-state index in [9.17, 15) is 14.7 Å². The molecule has 0 spiro atoms. The Hall–Kier alpha value is -2.41. The van der Waals surface area contributed by atoms with E-state index in [1.165, 1.54) is 43.2 Å². The first-order chi connectivity index (χ1) is 15.9. The van der Waals surface area contributed by atoms with Crippen molar-refractivity contribution in [3.8, 4) is 0 Å². The minimum atomic E-state index is -1.04. The second-order valence-corrected chi connectivity index (χ2v) is 10.7. The number of aliphatic hydroxyl groups is 1. The minimum Gasteiger partial charge on any atom is -0.371 e. The molecule has 33 heavy (non-hydrogen) atoms. The van der Waals surface area contributed by atoms with Gasteiger partial charge in [0.25, 0.3) is 5.91 Å². The number of fused-ring (bicyclic) bond motifs is 1. The Morgan fingerprint density at radius 3 is 2.42 bits per heavy atom. The summed E-state index contributed by atoms with van der Waals surface area (Å²) >= 11 is 0. The molecule has 1 saturated heterocycles. The molecule has 3 aliphatic carbocycles. The van der Waals surface area contributed by atoms with Gasteiger partial charge in [0.05, 0.1) is 11.0 Å². The Labute approximate surface area is 194 Å². The lowest BCUT2D eigenvalue weighted by atomic mass is 9.79. The Morgan fingerprint density at radius 2 is 1.79 bits per heavy atom. The average Bonchev–Trinajstić information content (AvgIpc) is 3.56. The standard InChI is InChI=1S/C26H34N4O3/c1-28-21-15-19(17-8-9-17)14-20(18-6-5-7-18)23(21)27-24(28)25(32)29-12-13-30(22(31)16-29)26(33)10-3-2-4-11-26/h14-15,17-18,33H,2-13,16H2,1H3. The van der Waals surface area contributed by atoms with Crippen molar-refractivity contribution in [3.63, 3.8) is 0 Å². The predicted molar refractivity (Wildman–Crippen MR) is 125 cm³/mol. The van der Waals surface area contributed by atoms with Crippen LogP contribution in [0.3, 0.4) is 0 Å². The van der Waals surface area contributed by atoms with Gasteiger partial charge in [-0.15, -0.1) is 0 Å². The summed E-state index contributed by atoms with van der Waals surface area (Å²) in [6.45, 7) is 0.816. The van der Waals surface area contributed by atoms with Crippen molar-refractivity contribution >= 4 is 22.8 Å². The molecule has 1 aromatic carbocycles. The largest absolute Gasteiger partial charge is 0.371 e. The molecule has 1 aromatic heterocycles. The van der Waals surface area contributed by atoms with E-state index in [1.807, 2.05) is 11.6 Å². The highest BCUT2D eigenvalue weighted by Gasteiger charge is 2.42. The second kappa shape index (κ2) is 7.83. The van der Waals surface area contributed by atoms with Gasteiger partial charge in [0.2, 0.25) is 5.91 Å². The van der Waals surface area contributed by atoms with Crippen molar-refractivity contribution in [1.29, 1.82) is 0 Å². The van der Waals surface area contributed by atoms with Crippen LogP contribution in [0.4, 0.5) is 0 Å². The molecule has 2 heterocycles. The van der Waals surface area contributed by atoms with Crippen LogP contribution in [0, 0.1) is 0 Å². The molecule has 0 atom stereocenters. The molecule has 7 nitrogen and oxygen atoms in total.